The van der Waals surface area contributed by atoms with Crippen LogP contribution >= 0.6 is 17.0 Å². The second kappa shape index (κ2) is 8.52. The van der Waals surface area contributed by atoms with Crippen molar-refractivity contribution in [2.24, 2.45) is 4.99 Å². The Labute approximate surface area is 115 Å². The van der Waals surface area contributed by atoms with Crippen molar-refractivity contribution in [2.75, 3.05) is 0 Å². The second-order valence-corrected chi connectivity index (χ2v) is 11.4. The number of aliphatic imine (C=N–C) groups is 1. The van der Waals surface area contributed by atoms with Gasteiger partial charge in [-0.05, 0) is 45.9 Å². The third-order valence-corrected chi connectivity index (χ3v) is 7.77. The first-order valence-corrected chi connectivity index (χ1v) is 10.3. The van der Waals surface area contributed by atoms with Crippen molar-refractivity contribution in [3.8, 4) is 0 Å². The summed E-state index contributed by atoms with van der Waals surface area (Å²) in [7, 11) is 0. The molecule has 0 spiro atoms. The number of rotatable bonds is 8. The van der Waals surface area contributed by atoms with E-state index < -0.39 is 5.62 Å². The van der Waals surface area contributed by atoms with Crippen molar-refractivity contribution in [2.45, 2.75) is 65.4 Å². The molecule has 0 rings (SSSR count). The molecule has 1 N–H and O–H groups in total. The Kier molecular flexibility index (Phi) is 8.73. The van der Waals surface area contributed by atoms with E-state index in [2.05, 4.69) is 23.9 Å². The Morgan fingerprint density at radius 1 is 1.35 bits per heavy atom. The minimum atomic E-state index is -2.05. The SMILES string of the molecule is CCC(C)SP(=S)(NC=NC(C)C)OC(C)C. The summed E-state index contributed by atoms with van der Waals surface area (Å²) in [5.41, 5.74) is -2.05. The molecule has 6 heteroatoms. The lowest BCUT2D eigenvalue weighted by atomic mass is 10.4. The highest BCUT2D eigenvalue weighted by atomic mass is 32.9. The lowest BCUT2D eigenvalue weighted by Gasteiger charge is -2.26. The van der Waals surface area contributed by atoms with E-state index in [1.165, 1.54) is 0 Å². The van der Waals surface area contributed by atoms with Crippen LogP contribution in [0.5, 0.6) is 0 Å². The Hall–Kier alpha value is 0.430. The maximum absolute atomic E-state index is 5.88. The molecule has 0 saturated heterocycles. The van der Waals surface area contributed by atoms with Crippen LogP contribution in [0.25, 0.3) is 0 Å². The number of nitrogens with zero attached hydrogens (tertiary/aromatic N) is 1. The fourth-order valence-corrected chi connectivity index (χ4v) is 7.32. The van der Waals surface area contributed by atoms with Crippen molar-refractivity contribution in [1.82, 2.24) is 5.09 Å². The van der Waals surface area contributed by atoms with Gasteiger partial charge in [0.25, 0.3) is 0 Å². The van der Waals surface area contributed by atoms with E-state index in [4.69, 9.17) is 16.3 Å². The van der Waals surface area contributed by atoms with Gasteiger partial charge in [-0.15, -0.1) is 0 Å². The fourth-order valence-electron chi connectivity index (χ4n) is 0.928. The number of hydrogen-bond acceptors (Lipinski definition) is 4. The number of nitrogens with one attached hydrogen (secondary N) is 1. The highest BCUT2D eigenvalue weighted by molar-refractivity contribution is 8.69. The highest BCUT2D eigenvalue weighted by Gasteiger charge is 2.21. The Morgan fingerprint density at radius 2 is 1.94 bits per heavy atom. The molecule has 0 bridgehead atoms. The van der Waals surface area contributed by atoms with Crippen LogP contribution in [0.15, 0.2) is 4.99 Å². The lowest BCUT2D eigenvalue weighted by Crippen LogP contribution is -2.14. The van der Waals surface area contributed by atoms with Crippen LogP contribution in [-0.2, 0) is 16.3 Å². The molecule has 0 radical (unpaired) electrons. The van der Waals surface area contributed by atoms with E-state index in [1.54, 1.807) is 17.7 Å². The zero-order valence-electron chi connectivity index (χ0n) is 11.6. The molecule has 0 aromatic heterocycles. The molecule has 0 amide bonds. The summed E-state index contributed by atoms with van der Waals surface area (Å²) >= 11 is 7.35. The van der Waals surface area contributed by atoms with Crippen LogP contribution in [0, 0.1) is 0 Å². The van der Waals surface area contributed by atoms with E-state index >= 15 is 0 Å². The average Bonchev–Trinajstić information content (AvgIpc) is 2.15. The zero-order chi connectivity index (χ0) is 13.5. The molecule has 17 heavy (non-hydrogen) atoms. The van der Waals surface area contributed by atoms with Crippen molar-refractivity contribution < 1.29 is 4.52 Å². The monoisotopic (exact) mass is 296 g/mol. The van der Waals surface area contributed by atoms with E-state index in [9.17, 15) is 0 Å². The van der Waals surface area contributed by atoms with Gasteiger partial charge in [-0.25, -0.2) is 0 Å². The van der Waals surface area contributed by atoms with Crippen molar-refractivity contribution in [3.05, 3.63) is 0 Å². The van der Waals surface area contributed by atoms with Gasteiger partial charge < -0.3 is 9.61 Å². The first-order valence-electron chi connectivity index (χ1n) is 6.05. The minimum absolute atomic E-state index is 0.136. The van der Waals surface area contributed by atoms with Gasteiger partial charge in [0.05, 0.1) is 12.4 Å². The van der Waals surface area contributed by atoms with E-state index in [0.29, 0.717) is 5.25 Å². The van der Waals surface area contributed by atoms with Crippen molar-refractivity contribution >= 4 is 35.1 Å². The molecule has 2 atom stereocenters. The molecule has 3 nitrogen and oxygen atoms in total. The minimum Gasteiger partial charge on any atom is -0.324 e. The van der Waals surface area contributed by atoms with Gasteiger partial charge in [-0.3, -0.25) is 4.99 Å². The Balaban J connectivity index is 4.55. The van der Waals surface area contributed by atoms with E-state index in [0.717, 1.165) is 6.42 Å². The van der Waals surface area contributed by atoms with Crippen molar-refractivity contribution in [1.29, 1.82) is 0 Å². The van der Waals surface area contributed by atoms with Crippen LogP contribution in [0.3, 0.4) is 0 Å². The standard InChI is InChI=1S/C11H25N2OPS2/c1-7-11(6)17-15(16,14-10(4)5)13-8-12-9(2)3/h8-11H,7H2,1-6H3,(H,12,13,16). The summed E-state index contributed by atoms with van der Waals surface area (Å²) in [6, 6.07) is 0.276. The molecule has 0 aromatic rings. The molecule has 0 aromatic carbocycles. The van der Waals surface area contributed by atoms with Crippen LogP contribution in [0.2, 0.25) is 0 Å². The summed E-state index contributed by atoms with van der Waals surface area (Å²) in [6.45, 7) is 12.4. The van der Waals surface area contributed by atoms with Gasteiger partial charge in [-0.2, -0.15) is 0 Å². The van der Waals surface area contributed by atoms with Gasteiger partial charge in [0.2, 0.25) is 5.62 Å². The number of hydrogen-bond donors (Lipinski definition) is 1. The zero-order valence-corrected chi connectivity index (χ0v) is 14.2. The second-order valence-electron chi connectivity index (χ2n) is 4.48. The molecule has 102 valence electrons. The first-order chi connectivity index (χ1) is 7.79. The topological polar surface area (TPSA) is 33.6 Å². The summed E-state index contributed by atoms with van der Waals surface area (Å²) in [5.74, 6) is 0. The van der Waals surface area contributed by atoms with Crippen LogP contribution in [0.1, 0.15) is 48.0 Å². The van der Waals surface area contributed by atoms with Crippen LogP contribution < -0.4 is 5.09 Å². The molecule has 2 unspecified atom stereocenters. The normalized spacial score (nSPS) is 17.6. The van der Waals surface area contributed by atoms with Crippen LogP contribution in [-0.4, -0.2) is 23.7 Å². The fraction of sp³-hybridized carbons (Fsp3) is 0.909. The summed E-state index contributed by atoms with van der Waals surface area (Å²) < 4.78 is 5.88. The molecule has 0 heterocycles. The predicted molar refractivity (Wildman–Crippen MR) is 84.6 cm³/mol. The van der Waals surface area contributed by atoms with E-state index in [1.807, 2.05) is 27.7 Å². The van der Waals surface area contributed by atoms with Crippen molar-refractivity contribution in [3.63, 3.8) is 0 Å². The smallest absolute Gasteiger partial charge is 0.211 e. The molecular weight excluding hydrogens is 271 g/mol. The maximum atomic E-state index is 5.88. The third-order valence-electron chi connectivity index (χ3n) is 1.83. The summed E-state index contributed by atoms with van der Waals surface area (Å²) in [4.78, 5) is 4.28. The highest BCUT2D eigenvalue weighted by Crippen LogP contribution is 2.59. The van der Waals surface area contributed by atoms with Gasteiger partial charge >= 0.3 is 0 Å². The maximum Gasteiger partial charge on any atom is 0.211 e. The molecule has 0 aliphatic carbocycles. The van der Waals surface area contributed by atoms with Gasteiger partial charge in [0.15, 0.2) is 0 Å². The Morgan fingerprint density at radius 3 is 2.35 bits per heavy atom. The van der Waals surface area contributed by atoms with Gasteiger partial charge in [0, 0.05) is 11.3 Å². The quantitative estimate of drug-likeness (QED) is 0.413. The molecule has 0 fully saturated rings. The molecular formula is C11H25N2OPS2. The van der Waals surface area contributed by atoms with E-state index in [-0.39, 0.29) is 12.1 Å². The Bertz CT molecular complexity index is 283. The molecule has 0 aliphatic heterocycles. The van der Waals surface area contributed by atoms with Gasteiger partial charge in [0.1, 0.15) is 0 Å². The molecule has 0 saturated carbocycles. The largest absolute Gasteiger partial charge is 0.324 e. The van der Waals surface area contributed by atoms with Crippen LogP contribution in [0.4, 0.5) is 0 Å². The summed E-state index contributed by atoms with van der Waals surface area (Å²) in [5, 5.41) is 3.70. The average molecular weight is 296 g/mol. The molecule has 0 aliphatic rings. The third kappa shape index (κ3) is 9.06. The predicted octanol–water partition coefficient (Wildman–Crippen LogP) is 4.19. The van der Waals surface area contributed by atoms with Gasteiger partial charge in [-0.1, -0.05) is 25.2 Å². The summed E-state index contributed by atoms with van der Waals surface area (Å²) in [6.07, 6.45) is 2.94. The lowest BCUT2D eigenvalue weighted by molar-refractivity contribution is 0.274. The first kappa shape index (κ1) is 17.4.